The molecule has 3 aromatic rings. The maximum atomic E-state index is 13.7. The number of anilines is 2. The Morgan fingerprint density at radius 1 is 0.978 bits per heavy atom. The topological polar surface area (TPSA) is 74.8 Å². The smallest absolute Gasteiger partial charge is 0.137 e. The van der Waals surface area contributed by atoms with Crippen LogP contribution in [0.2, 0.25) is 0 Å². The zero-order valence-electron chi connectivity index (χ0n) is 25.8. The van der Waals surface area contributed by atoms with E-state index in [0.29, 0.717) is 19.6 Å². The van der Waals surface area contributed by atoms with Crippen LogP contribution in [0.4, 0.5) is 15.8 Å². The Hall–Kier alpha value is -4.53. The molecule has 0 radical (unpaired) electrons. The molecule has 2 heterocycles. The van der Waals surface area contributed by atoms with Gasteiger partial charge in [-0.15, -0.1) is 0 Å². The molecule has 5 N–H and O–H groups in total. The van der Waals surface area contributed by atoms with E-state index >= 15 is 0 Å². The highest BCUT2D eigenvalue weighted by molar-refractivity contribution is 5.69. The minimum atomic E-state index is -1.06. The second kappa shape index (κ2) is 14.5. The van der Waals surface area contributed by atoms with Gasteiger partial charge < -0.3 is 31.3 Å². The Bertz CT molecular complexity index is 1570. The molecule has 0 aromatic heterocycles. The van der Waals surface area contributed by atoms with E-state index in [9.17, 15) is 9.50 Å². The van der Waals surface area contributed by atoms with Crippen LogP contribution in [0.1, 0.15) is 30.4 Å². The van der Waals surface area contributed by atoms with Crippen LogP contribution < -0.4 is 26.2 Å². The summed E-state index contributed by atoms with van der Waals surface area (Å²) in [7, 11) is 0. The number of nitrogens with one attached hydrogen (secondary N) is 4. The van der Waals surface area contributed by atoms with Crippen molar-refractivity contribution >= 4 is 11.4 Å². The first kappa shape index (κ1) is 30.5. The van der Waals surface area contributed by atoms with Gasteiger partial charge in [0.15, 0.2) is 0 Å². The van der Waals surface area contributed by atoms with Crippen molar-refractivity contribution in [3.8, 4) is 11.1 Å². The highest BCUT2D eigenvalue weighted by atomic mass is 19.1. The van der Waals surface area contributed by atoms with Gasteiger partial charge in [0, 0.05) is 54.5 Å². The molecule has 3 atom stereocenters. The normalized spacial score (nSPS) is 21.4. The SMILES string of the molecule is CC(c1cccc(NCNC2=C/CC=CC(F)/C=C\2)c1)C(O)N1CCN(CC2=CNCN2)c2ccc(-c3ccccc3)cc2C1. The van der Waals surface area contributed by atoms with E-state index in [0.717, 1.165) is 43.3 Å². The summed E-state index contributed by atoms with van der Waals surface area (Å²) in [5, 5.41) is 25.2. The molecule has 3 aromatic carbocycles. The summed E-state index contributed by atoms with van der Waals surface area (Å²) in [4.78, 5) is 4.62. The highest BCUT2D eigenvalue weighted by Crippen LogP contribution is 2.33. The van der Waals surface area contributed by atoms with Gasteiger partial charge in [-0.3, -0.25) is 4.90 Å². The molecular formula is C37H43FN6O. The Kier molecular flexibility index (Phi) is 9.83. The summed E-state index contributed by atoms with van der Waals surface area (Å²) in [6, 6.07) is 25.4. The van der Waals surface area contributed by atoms with E-state index in [1.807, 2.05) is 30.4 Å². The van der Waals surface area contributed by atoms with Crippen LogP contribution in [-0.4, -0.2) is 55.4 Å². The van der Waals surface area contributed by atoms with E-state index in [2.05, 4.69) is 98.8 Å². The number of halogens is 1. The molecule has 3 aliphatic rings. The Morgan fingerprint density at radius 3 is 2.71 bits per heavy atom. The molecule has 7 nitrogen and oxygen atoms in total. The van der Waals surface area contributed by atoms with E-state index in [1.54, 1.807) is 18.2 Å². The standard InChI is InChI=1S/C37H43FN6O/c1-27(29-10-7-13-34(21-29)42-26-41-33-12-6-5-11-32(38)15-16-33)37(45)44-19-18-43(24-35-22-39-25-40-35)36-17-14-30(20-31(36)23-44)28-8-3-2-4-9-28/h2-5,7-17,20-22,27,32,37,39-42,45H,6,18-19,23-26H2,1H3/b11-5?,16-15-,33-12+. The molecule has 3 unspecified atom stereocenters. The summed E-state index contributed by atoms with van der Waals surface area (Å²) >= 11 is 0. The fraction of sp³-hybridized carbons (Fsp3) is 0.297. The van der Waals surface area contributed by atoms with Crippen molar-refractivity contribution in [2.45, 2.75) is 38.2 Å². The first-order valence-electron chi connectivity index (χ1n) is 15.8. The van der Waals surface area contributed by atoms with Crippen molar-refractivity contribution < 1.29 is 9.50 Å². The summed E-state index contributed by atoms with van der Waals surface area (Å²) in [6.07, 6.45) is 9.79. The van der Waals surface area contributed by atoms with Gasteiger partial charge in [0.25, 0.3) is 0 Å². The second-order valence-electron chi connectivity index (χ2n) is 11.8. The second-order valence-corrected chi connectivity index (χ2v) is 11.8. The van der Waals surface area contributed by atoms with Crippen LogP contribution in [0.5, 0.6) is 0 Å². The molecule has 2 aliphatic heterocycles. The molecule has 234 valence electrons. The monoisotopic (exact) mass is 606 g/mol. The Balaban J connectivity index is 1.16. The molecule has 0 amide bonds. The van der Waals surface area contributed by atoms with Crippen molar-refractivity contribution in [1.29, 1.82) is 0 Å². The number of aliphatic hydroxyl groups is 1. The minimum Gasteiger partial charge on any atom is -0.378 e. The zero-order chi connectivity index (χ0) is 31.0. The van der Waals surface area contributed by atoms with Crippen molar-refractivity contribution in [3.05, 3.63) is 132 Å². The average molecular weight is 607 g/mol. The number of hydrogen-bond donors (Lipinski definition) is 5. The van der Waals surface area contributed by atoms with Crippen LogP contribution in [0, 0.1) is 0 Å². The summed E-state index contributed by atoms with van der Waals surface area (Å²) in [6.45, 7) is 6.32. The lowest BCUT2D eigenvalue weighted by Crippen LogP contribution is -2.41. The number of hydrogen-bond acceptors (Lipinski definition) is 7. The predicted molar refractivity (Wildman–Crippen MR) is 182 cm³/mol. The molecule has 0 saturated heterocycles. The van der Waals surface area contributed by atoms with Crippen molar-refractivity contribution in [2.24, 2.45) is 0 Å². The lowest BCUT2D eigenvalue weighted by atomic mass is 9.97. The van der Waals surface area contributed by atoms with E-state index < -0.39 is 12.4 Å². The quantitative estimate of drug-likeness (QED) is 0.148. The van der Waals surface area contributed by atoms with E-state index in [4.69, 9.17) is 0 Å². The van der Waals surface area contributed by atoms with Crippen molar-refractivity contribution in [1.82, 2.24) is 20.9 Å². The number of fused-ring (bicyclic) bond motifs is 1. The van der Waals surface area contributed by atoms with Crippen LogP contribution in [0.3, 0.4) is 0 Å². The third-order valence-electron chi connectivity index (χ3n) is 8.69. The largest absolute Gasteiger partial charge is 0.378 e. The van der Waals surface area contributed by atoms with Crippen molar-refractivity contribution in [2.75, 3.05) is 43.2 Å². The third kappa shape index (κ3) is 7.77. The number of nitrogens with zero attached hydrogens (tertiary/aromatic N) is 2. The predicted octanol–water partition coefficient (Wildman–Crippen LogP) is 5.79. The highest BCUT2D eigenvalue weighted by Gasteiger charge is 2.29. The Morgan fingerprint density at radius 2 is 1.87 bits per heavy atom. The summed E-state index contributed by atoms with van der Waals surface area (Å²) in [5.41, 5.74) is 8.86. The molecule has 0 saturated carbocycles. The van der Waals surface area contributed by atoms with Gasteiger partial charge in [0.2, 0.25) is 0 Å². The molecule has 6 rings (SSSR count). The van der Waals surface area contributed by atoms with Gasteiger partial charge in [0.1, 0.15) is 12.4 Å². The van der Waals surface area contributed by atoms with Gasteiger partial charge in [-0.25, -0.2) is 4.39 Å². The fourth-order valence-electron chi connectivity index (χ4n) is 6.12. The zero-order valence-corrected chi connectivity index (χ0v) is 25.8. The molecule has 8 heteroatoms. The van der Waals surface area contributed by atoms with E-state index in [-0.39, 0.29) is 5.92 Å². The lowest BCUT2D eigenvalue weighted by Gasteiger charge is -2.31. The van der Waals surface area contributed by atoms with Crippen LogP contribution in [0.25, 0.3) is 11.1 Å². The van der Waals surface area contributed by atoms with Gasteiger partial charge in [-0.1, -0.05) is 73.7 Å². The molecule has 1 aliphatic carbocycles. The molecule has 0 bridgehead atoms. The molecule has 45 heavy (non-hydrogen) atoms. The van der Waals surface area contributed by atoms with Gasteiger partial charge >= 0.3 is 0 Å². The number of benzene rings is 3. The first-order valence-corrected chi connectivity index (χ1v) is 15.8. The van der Waals surface area contributed by atoms with Gasteiger partial charge in [-0.2, -0.15) is 0 Å². The van der Waals surface area contributed by atoms with Crippen LogP contribution in [-0.2, 0) is 6.54 Å². The number of allylic oxidation sites excluding steroid dienone is 5. The number of alkyl halides is 1. The molecule has 0 fully saturated rings. The number of aliphatic hydroxyl groups excluding tert-OH is 1. The van der Waals surface area contributed by atoms with Crippen molar-refractivity contribution in [3.63, 3.8) is 0 Å². The third-order valence-corrected chi connectivity index (χ3v) is 8.69. The van der Waals surface area contributed by atoms with Gasteiger partial charge in [0.05, 0.1) is 19.9 Å². The fourth-order valence-corrected chi connectivity index (χ4v) is 6.12. The molecule has 0 spiro atoms. The maximum absolute atomic E-state index is 13.7. The maximum Gasteiger partial charge on any atom is 0.137 e. The van der Waals surface area contributed by atoms with Gasteiger partial charge in [-0.05, 0) is 65.1 Å². The first-order chi connectivity index (χ1) is 22.0. The minimum absolute atomic E-state index is 0.111. The molecular weight excluding hydrogens is 563 g/mol. The Labute approximate surface area is 265 Å². The van der Waals surface area contributed by atoms with Crippen LogP contribution >= 0.6 is 0 Å². The summed E-state index contributed by atoms with van der Waals surface area (Å²) in [5.74, 6) is -0.111. The van der Waals surface area contributed by atoms with E-state index in [1.165, 1.54) is 28.1 Å². The average Bonchev–Trinajstić information content (AvgIpc) is 3.51. The lowest BCUT2D eigenvalue weighted by molar-refractivity contribution is -0.0156. The van der Waals surface area contributed by atoms with Crippen LogP contribution in [0.15, 0.2) is 121 Å². The summed E-state index contributed by atoms with van der Waals surface area (Å²) < 4.78 is 13.7. The number of rotatable bonds is 10.